The van der Waals surface area contributed by atoms with Crippen molar-refractivity contribution in [2.75, 3.05) is 6.61 Å². The number of carbonyl (C=O) groups excluding carboxylic acids is 2. The first-order valence-electron chi connectivity index (χ1n) is 2.25. The van der Waals surface area contributed by atoms with Crippen molar-refractivity contribution in [2.24, 2.45) is 0 Å². The van der Waals surface area contributed by atoms with E-state index in [-0.39, 0.29) is 0 Å². The van der Waals surface area contributed by atoms with Crippen molar-refractivity contribution in [1.82, 2.24) is 5.32 Å². The highest BCUT2D eigenvalue weighted by Gasteiger charge is 2.10. The van der Waals surface area contributed by atoms with Gasteiger partial charge in [-0.25, -0.2) is 0 Å². The van der Waals surface area contributed by atoms with Gasteiger partial charge in [0, 0.05) is 0 Å². The lowest BCUT2D eigenvalue weighted by molar-refractivity contribution is -0.117. The smallest absolute Gasteiger partial charge is 0.210 e. The number of aliphatic hydroxyl groups is 1. The zero-order chi connectivity index (χ0) is 7.28. The van der Waals surface area contributed by atoms with Crippen LogP contribution in [0.5, 0.6) is 0 Å². The number of hydrogen-bond acceptors (Lipinski definition) is 3. The van der Waals surface area contributed by atoms with Gasteiger partial charge in [0.15, 0.2) is 0 Å². The van der Waals surface area contributed by atoms with Gasteiger partial charge in [0.25, 0.3) is 0 Å². The summed E-state index contributed by atoms with van der Waals surface area (Å²) in [5, 5.41) is 9.86. The summed E-state index contributed by atoms with van der Waals surface area (Å²) >= 11 is 3.39. The van der Waals surface area contributed by atoms with Gasteiger partial charge in [-0.1, -0.05) is 0 Å². The Hall–Kier alpha value is -0.550. The summed E-state index contributed by atoms with van der Waals surface area (Å²) in [6, 6.07) is -0.870. The molecule has 0 aliphatic heterocycles. The van der Waals surface area contributed by atoms with Gasteiger partial charge in [0.05, 0.1) is 6.61 Å². The van der Waals surface area contributed by atoms with Gasteiger partial charge in [0.1, 0.15) is 6.04 Å². The molecule has 0 aromatic heterocycles. The van der Waals surface area contributed by atoms with Crippen molar-refractivity contribution in [3.63, 3.8) is 0 Å². The van der Waals surface area contributed by atoms with Crippen LogP contribution in [0.2, 0.25) is 0 Å². The number of hydrogen-bond donors (Lipinski definition) is 3. The Morgan fingerprint density at radius 3 is 2.56 bits per heavy atom. The zero-order valence-electron chi connectivity index (χ0n) is 4.57. The summed E-state index contributed by atoms with van der Waals surface area (Å²) < 4.78 is 0. The van der Waals surface area contributed by atoms with E-state index in [0.717, 1.165) is 0 Å². The minimum Gasteiger partial charge on any atom is -0.394 e. The Labute approximate surface area is 57.7 Å². The van der Waals surface area contributed by atoms with Gasteiger partial charge in [-0.05, 0) is 0 Å². The molecule has 0 aliphatic carbocycles. The van der Waals surface area contributed by atoms with Gasteiger partial charge < -0.3 is 10.4 Å². The van der Waals surface area contributed by atoms with Crippen molar-refractivity contribution in [3.05, 3.63) is 0 Å². The maximum absolute atomic E-state index is 10.2. The molecule has 4 nitrogen and oxygen atoms in total. The first-order chi connectivity index (χ1) is 4.22. The minimum absolute atomic E-state index is 0.342. The third-order valence-electron chi connectivity index (χ3n) is 0.750. The summed E-state index contributed by atoms with van der Waals surface area (Å²) in [4.78, 5) is 19.9. The van der Waals surface area contributed by atoms with Crippen LogP contribution in [0.3, 0.4) is 0 Å². The molecule has 5 heteroatoms. The lowest BCUT2D eigenvalue weighted by atomic mass is 10.4. The Balaban J connectivity index is 3.67. The Morgan fingerprint density at radius 1 is 1.89 bits per heavy atom. The van der Waals surface area contributed by atoms with Crippen molar-refractivity contribution in [3.8, 4) is 0 Å². The number of rotatable bonds is 4. The minimum atomic E-state index is -0.870. The SMILES string of the molecule is O=CNC(CO)C(=O)S. The molecule has 0 heterocycles. The Bertz CT molecular complexity index is 116. The Morgan fingerprint density at radius 2 is 2.44 bits per heavy atom. The first-order valence-corrected chi connectivity index (χ1v) is 2.70. The van der Waals surface area contributed by atoms with Crippen LogP contribution < -0.4 is 5.32 Å². The van der Waals surface area contributed by atoms with Crippen LogP contribution in [-0.2, 0) is 9.59 Å². The molecule has 52 valence electrons. The third kappa shape index (κ3) is 3.10. The molecule has 0 aromatic rings. The molecule has 0 rings (SSSR count). The number of carbonyl (C=O) groups is 2. The zero-order valence-corrected chi connectivity index (χ0v) is 5.47. The van der Waals surface area contributed by atoms with E-state index in [0.29, 0.717) is 6.41 Å². The molecule has 0 aromatic carbocycles. The van der Waals surface area contributed by atoms with Crippen LogP contribution in [0.25, 0.3) is 0 Å². The molecule has 2 N–H and O–H groups in total. The number of thiol groups is 1. The molecule has 0 bridgehead atoms. The fraction of sp³-hybridized carbons (Fsp3) is 0.500. The molecule has 0 aliphatic rings. The van der Waals surface area contributed by atoms with E-state index in [4.69, 9.17) is 5.11 Å². The molecule has 0 fully saturated rings. The molecule has 1 atom stereocenters. The van der Waals surface area contributed by atoms with Crippen molar-refractivity contribution in [1.29, 1.82) is 0 Å². The predicted octanol–water partition coefficient (Wildman–Crippen LogP) is -1.45. The van der Waals surface area contributed by atoms with E-state index in [9.17, 15) is 9.59 Å². The van der Waals surface area contributed by atoms with Crippen molar-refractivity contribution >= 4 is 24.2 Å². The van der Waals surface area contributed by atoms with Crippen molar-refractivity contribution in [2.45, 2.75) is 6.04 Å². The molecule has 0 spiro atoms. The topological polar surface area (TPSA) is 66.4 Å². The van der Waals surface area contributed by atoms with Crippen LogP contribution in [0.1, 0.15) is 0 Å². The normalized spacial score (nSPS) is 12.2. The summed E-state index contributed by atoms with van der Waals surface area (Å²) in [5.74, 6) is 0. The first kappa shape index (κ1) is 8.45. The monoisotopic (exact) mass is 149 g/mol. The number of nitrogens with one attached hydrogen (secondary N) is 1. The van der Waals surface area contributed by atoms with Gasteiger partial charge >= 0.3 is 0 Å². The Kier molecular flexibility index (Phi) is 4.08. The highest BCUT2D eigenvalue weighted by atomic mass is 32.1. The number of aliphatic hydroxyl groups excluding tert-OH is 1. The summed E-state index contributed by atoms with van der Waals surface area (Å²) in [7, 11) is 0. The van der Waals surface area contributed by atoms with Crippen LogP contribution >= 0.6 is 12.6 Å². The van der Waals surface area contributed by atoms with E-state index in [2.05, 4.69) is 17.9 Å². The molecular weight excluding hydrogens is 142 g/mol. The lowest BCUT2D eigenvalue weighted by Gasteiger charge is -2.05. The predicted molar refractivity (Wildman–Crippen MR) is 34.1 cm³/mol. The van der Waals surface area contributed by atoms with E-state index in [1.54, 1.807) is 0 Å². The summed E-state index contributed by atoms with van der Waals surface area (Å²) in [6.07, 6.45) is 0.342. The van der Waals surface area contributed by atoms with Gasteiger partial charge in [0.2, 0.25) is 11.5 Å². The standard InChI is InChI=1S/C4H7NO3S/c6-1-3(4(8)9)5-2-7/h2-3,6H,1H2,(H,5,7)(H,8,9). The van der Waals surface area contributed by atoms with E-state index in [1.807, 2.05) is 0 Å². The second-order valence-corrected chi connectivity index (χ2v) is 1.80. The third-order valence-corrected chi connectivity index (χ3v) is 1.06. The van der Waals surface area contributed by atoms with E-state index >= 15 is 0 Å². The molecule has 0 saturated heterocycles. The molecule has 1 unspecified atom stereocenters. The molecule has 0 radical (unpaired) electrons. The number of amides is 1. The van der Waals surface area contributed by atoms with Gasteiger partial charge in [-0.15, -0.1) is 12.6 Å². The molecular formula is C4H7NO3S. The summed E-state index contributed by atoms with van der Waals surface area (Å²) in [5.41, 5.74) is 0. The maximum atomic E-state index is 10.2. The van der Waals surface area contributed by atoms with Crippen LogP contribution in [0.15, 0.2) is 0 Å². The second kappa shape index (κ2) is 4.34. The highest BCUT2D eigenvalue weighted by Crippen LogP contribution is 1.86. The quantitative estimate of drug-likeness (QED) is 0.338. The summed E-state index contributed by atoms with van der Waals surface area (Å²) in [6.45, 7) is -0.416. The highest BCUT2D eigenvalue weighted by molar-refractivity contribution is 7.96. The second-order valence-electron chi connectivity index (χ2n) is 1.36. The van der Waals surface area contributed by atoms with Crippen LogP contribution in [0, 0.1) is 0 Å². The van der Waals surface area contributed by atoms with Crippen LogP contribution in [-0.4, -0.2) is 29.3 Å². The molecule has 0 saturated carbocycles. The fourth-order valence-electron chi connectivity index (χ4n) is 0.284. The van der Waals surface area contributed by atoms with E-state index in [1.165, 1.54) is 0 Å². The van der Waals surface area contributed by atoms with Crippen molar-refractivity contribution < 1.29 is 14.7 Å². The average molecular weight is 149 g/mol. The van der Waals surface area contributed by atoms with Crippen LogP contribution in [0.4, 0.5) is 0 Å². The molecule has 1 amide bonds. The fourth-order valence-corrected chi connectivity index (χ4v) is 0.440. The molecule has 9 heavy (non-hydrogen) atoms. The van der Waals surface area contributed by atoms with E-state index < -0.39 is 17.8 Å². The average Bonchev–Trinajstić information content (AvgIpc) is 1.82. The largest absolute Gasteiger partial charge is 0.394 e. The maximum Gasteiger partial charge on any atom is 0.210 e. The lowest BCUT2D eigenvalue weighted by Crippen LogP contribution is -2.36. The van der Waals surface area contributed by atoms with Gasteiger partial charge in [-0.2, -0.15) is 0 Å². The van der Waals surface area contributed by atoms with Gasteiger partial charge in [-0.3, -0.25) is 9.59 Å².